The van der Waals surface area contributed by atoms with E-state index >= 15 is 0 Å². The van der Waals surface area contributed by atoms with Crippen LogP contribution >= 0.6 is 0 Å². The summed E-state index contributed by atoms with van der Waals surface area (Å²) in [6.07, 6.45) is 0.991. The number of hydrogen-bond donors (Lipinski definition) is 0. The van der Waals surface area contributed by atoms with E-state index in [1.165, 1.54) is 0 Å². The van der Waals surface area contributed by atoms with Crippen LogP contribution in [0.4, 0.5) is 0 Å². The predicted molar refractivity (Wildman–Crippen MR) is 53.0 cm³/mol. The van der Waals surface area contributed by atoms with Crippen molar-refractivity contribution in [3.63, 3.8) is 0 Å². The van der Waals surface area contributed by atoms with Crippen LogP contribution in [0.3, 0.4) is 0 Å². The van der Waals surface area contributed by atoms with E-state index in [-0.39, 0.29) is 25.6 Å². The van der Waals surface area contributed by atoms with E-state index in [0.717, 1.165) is 6.08 Å². The van der Waals surface area contributed by atoms with Gasteiger partial charge >= 0.3 is 11.9 Å². The van der Waals surface area contributed by atoms with Gasteiger partial charge < -0.3 is 14.2 Å². The first-order valence-electron chi connectivity index (χ1n) is 4.84. The van der Waals surface area contributed by atoms with Gasteiger partial charge in [0.2, 0.25) is 5.76 Å². The fourth-order valence-corrected chi connectivity index (χ4v) is 0.808. The third kappa shape index (κ3) is 5.72. The third-order valence-corrected chi connectivity index (χ3v) is 1.31. The van der Waals surface area contributed by atoms with Gasteiger partial charge in [-0.15, -0.1) is 0 Å². The maximum Gasteiger partial charge on any atom is 0.373 e. The summed E-state index contributed by atoms with van der Waals surface area (Å²) in [5, 5.41) is 0. The molecule has 0 spiro atoms. The van der Waals surface area contributed by atoms with Crippen molar-refractivity contribution in [2.24, 2.45) is 0 Å². The Morgan fingerprint density at radius 3 is 1.93 bits per heavy atom. The summed E-state index contributed by atoms with van der Waals surface area (Å²) in [5.41, 5.74) is 0. The van der Waals surface area contributed by atoms with Gasteiger partial charge in [-0.3, -0.25) is 0 Å². The van der Waals surface area contributed by atoms with Gasteiger partial charge in [0, 0.05) is 0 Å². The summed E-state index contributed by atoms with van der Waals surface area (Å²) >= 11 is 0. The number of ether oxygens (including phenoxy) is 3. The van der Waals surface area contributed by atoms with E-state index in [1.807, 2.05) is 0 Å². The molecule has 0 saturated heterocycles. The summed E-state index contributed by atoms with van der Waals surface area (Å²) in [4.78, 5) is 22.3. The van der Waals surface area contributed by atoms with Crippen LogP contribution in [0.1, 0.15) is 20.8 Å². The van der Waals surface area contributed by atoms with Crippen molar-refractivity contribution < 1.29 is 23.8 Å². The first-order valence-corrected chi connectivity index (χ1v) is 4.84. The van der Waals surface area contributed by atoms with Crippen LogP contribution in [0.5, 0.6) is 0 Å². The second-order valence-electron chi connectivity index (χ2n) is 2.41. The highest BCUT2D eigenvalue weighted by atomic mass is 16.6. The van der Waals surface area contributed by atoms with Crippen molar-refractivity contribution in [2.75, 3.05) is 19.8 Å². The molecule has 0 aliphatic carbocycles. The first kappa shape index (κ1) is 13.5. The molecular formula is C10H16O5. The summed E-state index contributed by atoms with van der Waals surface area (Å²) < 4.78 is 14.3. The molecule has 86 valence electrons. The number of carbonyl (C=O) groups excluding carboxylic acids is 2. The summed E-state index contributed by atoms with van der Waals surface area (Å²) in [6.45, 7) is 5.81. The number of carbonyl (C=O) groups is 2. The molecule has 0 aliphatic rings. The van der Waals surface area contributed by atoms with E-state index < -0.39 is 11.9 Å². The molecule has 0 atom stereocenters. The Bertz CT molecular complexity index is 244. The van der Waals surface area contributed by atoms with Gasteiger partial charge in [0.1, 0.15) is 0 Å². The van der Waals surface area contributed by atoms with Gasteiger partial charge in [0.05, 0.1) is 25.9 Å². The molecule has 0 rings (SSSR count). The molecule has 0 amide bonds. The summed E-state index contributed by atoms with van der Waals surface area (Å²) in [5.74, 6) is -1.40. The molecule has 0 aromatic heterocycles. The Morgan fingerprint density at radius 1 is 0.933 bits per heavy atom. The lowest BCUT2D eigenvalue weighted by Gasteiger charge is -2.06. The maximum absolute atomic E-state index is 11.2. The van der Waals surface area contributed by atoms with Crippen LogP contribution in [0.2, 0.25) is 0 Å². The molecule has 5 nitrogen and oxygen atoms in total. The number of esters is 2. The minimum Gasteiger partial charge on any atom is -0.487 e. The topological polar surface area (TPSA) is 61.8 Å². The maximum atomic E-state index is 11.2. The Kier molecular flexibility index (Phi) is 7.05. The van der Waals surface area contributed by atoms with Crippen LogP contribution in [-0.2, 0) is 23.8 Å². The summed E-state index contributed by atoms with van der Waals surface area (Å²) in [6, 6.07) is 0. The molecule has 0 aliphatic heterocycles. The minimum atomic E-state index is -0.660. The summed E-state index contributed by atoms with van der Waals surface area (Å²) in [7, 11) is 0. The number of hydrogen-bond acceptors (Lipinski definition) is 5. The van der Waals surface area contributed by atoms with E-state index in [9.17, 15) is 9.59 Å². The molecule has 0 bridgehead atoms. The van der Waals surface area contributed by atoms with Crippen LogP contribution in [0.25, 0.3) is 0 Å². The molecule has 0 fully saturated rings. The van der Waals surface area contributed by atoms with Gasteiger partial charge in [-0.2, -0.15) is 0 Å². The highest BCUT2D eigenvalue weighted by Crippen LogP contribution is 2.01. The highest BCUT2D eigenvalue weighted by Gasteiger charge is 2.14. The van der Waals surface area contributed by atoms with Crippen LogP contribution < -0.4 is 0 Å². The molecule has 5 heteroatoms. The highest BCUT2D eigenvalue weighted by molar-refractivity contribution is 5.94. The van der Waals surface area contributed by atoms with E-state index in [2.05, 4.69) is 4.74 Å². The van der Waals surface area contributed by atoms with Gasteiger partial charge in [-0.05, 0) is 20.8 Å². The van der Waals surface area contributed by atoms with Gasteiger partial charge in [0.15, 0.2) is 0 Å². The SMILES string of the molecule is CCOC(=O)/C=C(/OCC)C(=O)OCC. The molecular weight excluding hydrogens is 200 g/mol. The minimum absolute atomic E-state index is 0.127. The Labute approximate surface area is 89.0 Å². The fourth-order valence-electron chi connectivity index (χ4n) is 0.808. The molecule has 0 aromatic rings. The van der Waals surface area contributed by atoms with Crippen molar-refractivity contribution in [3.05, 3.63) is 11.8 Å². The van der Waals surface area contributed by atoms with E-state index in [1.54, 1.807) is 20.8 Å². The second kappa shape index (κ2) is 7.84. The first-order chi connectivity index (χ1) is 7.15. The normalized spacial score (nSPS) is 10.7. The lowest BCUT2D eigenvalue weighted by Crippen LogP contribution is -2.13. The third-order valence-electron chi connectivity index (χ3n) is 1.31. The lowest BCUT2D eigenvalue weighted by molar-refractivity contribution is -0.144. The molecule has 0 aromatic carbocycles. The van der Waals surface area contributed by atoms with E-state index in [0.29, 0.717) is 0 Å². The number of rotatable bonds is 6. The Hall–Kier alpha value is -1.52. The molecule has 0 heterocycles. The Morgan fingerprint density at radius 2 is 1.47 bits per heavy atom. The average Bonchev–Trinajstić information content (AvgIpc) is 2.18. The average molecular weight is 216 g/mol. The van der Waals surface area contributed by atoms with Crippen molar-refractivity contribution in [2.45, 2.75) is 20.8 Å². The van der Waals surface area contributed by atoms with Gasteiger partial charge in [-0.1, -0.05) is 0 Å². The van der Waals surface area contributed by atoms with Crippen molar-refractivity contribution in [1.82, 2.24) is 0 Å². The Balaban J connectivity index is 4.48. The zero-order valence-corrected chi connectivity index (χ0v) is 9.24. The molecule has 0 unspecified atom stereocenters. The monoisotopic (exact) mass is 216 g/mol. The van der Waals surface area contributed by atoms with Gasteiger partial charge in [-0.25, -0.2) is 9.59 Å². The lowest BCUT2D eigenvalue weighted by atomic mass is 10.4. The molecule has 0 saturated carbocycles. The zero-order valence-electron chi connectivity index (χ0n) is 9.24. The smallest absolute Gasteiger partial charge is 0.373 e. The molecule has 0 radical (unpaired) electrons. The van der Waals surface area contributed by atoms with Gasteiger partial charge in [0.25, 0.3) is 0 Å². The molecule has 0 N–H and O–H groups in total. The molecule has 15 heavy (non-hydrogen) atoms. The van der Waals surface area contributed by atoms with Crippen molar-refractivity contribution in [3.8, 4) is 0 Å². The van der Waals surface area contributed by atoms with Crippen LogP contribution in [0.15, 0.2) is 11.8 Å². The second-order valence-corrected chi connectivity index (χ2v) is 2.41. The van der Waals surface area contributed by atoms with Crippen LogP contribution in [0, 0.1) is 0 Å². The van der Waals surface area contributed by atoms with Crippen molar-refractivity contribution in [1.29, 1.82) is 0 Å². The van der Waals surface area contributed by atoms with Crippen LogP contribution in [-0.4, -0.2) is 31.8 Å². The quantitative estimate of drug-likeness (QED) is 0.377. The van der Waals surface area contributed by atoms with Crippen molar-refractivity contribution >= 4 is 11.9 Å². The standard InChI is InChI=1S/C10H16O5/c1-4-13-8(10(12)15-6-3)7-9(11)14-5-2/h7H,4-6H2,1-3H3/b8-7+. The van der Waals surface area contributed by atoms with E-state index in [4.69, 9.17) is 9.47 Å². The largest absolute Gasteiger partial charge is 0.487 e. The predicted octanol–water partition coefficient (Wildman–Crippen LogP) is 1.03. The fraction of sp³-hybridized carbons (Fsp3) is 0.600. The zero-order chi connectivity index (χ0) is 11.7.